The third kappa shape index (κ3) is 6.11. The van der Waals surface area contributed by atoms with Crippen LogP contribution in [0.25, 0.3) is 0 Å². The van der Waals surface area contributed by atoms with Gasteiger partial charge in [-0.25, -0.2) is 4.79 Å². The summed E-state index contributed by atoms with van der Waals surface area (Å²) in [5, 5.41) is 8.78. The van der Waals surface area contributed by atoms with Crippen LogP contribution in [0.4, 0.5) is 4.79 Å². The first-order chi connectivity index (χ1) is 8.56. The first kappa shape index (κ1) is 16.3. The minimum Gasteiger partial charge on any atom is -0.480 e. The third-order valence-electron chi connectivity index (χ3n) is 2.21. The van der Waals surface area contributed by atoms with Gasteiger partial charge in [-0.1, -0.05) is 12.8 Å². The number of ether oxygens (including phenoxy) is 1. The van der Waals surface area contributed by atoms with E-state index in [4.69, 9.17) is 16.3 Å². The summed E-state index contributed by atoms with van der Waals surface area (Å²) in [4.78, 5) is 25.5. The van der Waals surface area contributed by atoms with Crippen LogP contribution in [0.5, 0.6) is 0 Å². The van der Waals surface area contributed by atoms with Crippen molar-refractivity contribution in [2.45, 2.75) is 13.3 Å². The van der Waals surface area contributed by atoms with Gasteiger partial charge in [-0.15, -0.1) is 6.42 Å². The van der Waals surface area contributed by atoms with E-state index >= 15 is 0 Å². The molecule has 0 unspecified atom stereocenters. The SMILES string of the molecule is C#CCN(CCC)C(=O)N(CCOC)CC(=O)O. The van der Waals surface area contributed by atoms with Crippen LogP contribution in [0.1, 0.15) is 13.3 Å². The Morgan fingerprint density at radius 1 is 1.33 bits per heavy atom. The molecule has 1 N–H and O–H groups in total. The Kier molecular flexibility index (Phi) is 8.41. The van der Waals surface area contributed by atoms with Crippen LogP contribution >= 0.6 is 0 Å². The van der Waals surface area contributed by atoms with Crippen LogP contribution in [-0.2, 0) is 9.53 Å². The van der Waals surface area contributed by atoms with Gasteiger partial charge in [0.05, 0.1) is 13.2 Å². The van der Waals surface area contributed by atoms with Gasteiger partial charge in [0.1, 0.15) is 6.54 Å². The maximum Gasteiger partial charge on any atom is 0.323 e. The quantitative estimate of drug-likeness (QED) is 0.641. The molecule has 0 saturated carbocycles. The number of carboxylic acid groups (broad SMARTS) is 1. The fourth-order valence-corrected chi connectivity index (χ4v) is 1.43. The van der Waals surface area contributed by atoms with Gasteiger partial charge >= 0.3 is 12.0 Å². The lowest BCUT2D eigenvalue weighted by atomic mass is 10.4. The molecule has 2 amide bonds. The third-order valence-corrected chi connectivity index (χ3v) is 2.21. The van der Waals surface area contributed by atoms with Crippen LogP contribution in [-0.4, -0.2) is 66.8 Å². The highest BCUT2D eigenvalue weighted by atomic mass is 16.5. The molecular weight excluding hydrogens is 236 g/mol. The number of aliphatic carboxylic acids is 1. The number of carbonyl (C=O) groups excluding carboxylic acids is 1. The Labute approximate surface area is 108 Å². The van der Waals surface area contributed by atoms with Crippen LogP contribution in [0.15, 0.2) is 0 Å². The van der Waals surface area contributed by atoms with E-state index in [9.17, 15) is 9.59 Å². The van der Waals surface area contributed by atoms with E-state index in [-0.39, 0.29) is 32.3 Å². The first-order valence-electron chi connectivity index (χ1n) is 5.74. The number of carboxylic acids is 1. The lowest BCUT2D eigenvalue weighted by Crippen LogP contribution is -2.47. The number of nitrogens with zero attached hydrogens (tertiary/aromatic N) is 2. The summed E-state index contributed by atoms with van der Waals surface area (Å²) in [6, 6.07) is -0.366. The van der Waals surface area contributed by atoms with Gasteiger partial charge in [-0.05, 0) is 6.42 Å². The lowest BCUT2D eigenvalue weighted by Gasteiger charge is -2.28. The molecule has 0 radical (unpaired) electrons. The van der Waals surface area contributed by atoms with Crippen molar-refractivity contribution >= 4 is 12.0 Å². The summed E-state index contributed by atoms with van der Waals surface area (Å²) in [6.45, 7) is 2.77. The molecule has 6 nitrogen and oxygen atoms in total. The standard InChI is InChI=1S/C12H20N2O4/c1-4-6-13(7-5-2)12(17)14(8-9-18-3)10-11(15)16/h1H,5-10H2,2-3H3,(H,15,16). The first-order valence-corrected chi connectivity index (χ1v) is 5.74. The molecule has 0 aliphatic rings. The van der Waals surface area contributed by atoms with Crippen molar-refractivity contribution in [1.82, 2.24) is 9.80 Å². The summed E-state index contributed by atoms with van der Waals surface area (Å²) in [6.07, 6.45) is 5.96. The van der Waals surface area contributed by atoms with E-state index in [2.05, 4.69) is 5.92 Å². The number of terminal acetylenes is 1. The van der Waals surface area contributed by atoms with Crippen LogP contribution in [0.2, 0.25) is 0 Å². The van der Waals surface area contributed by atoms with Crippen molar-refractivity contribution in [2.24, 2.45) is 0 Å². The maximum atomic E-state index is 12.1. The molecule has 0 aliphatic carbocycles. The molecule has 0 saturated heterocycles. The molecule has 18 heavy (non-hydrogen) atoms. The zero-order valence-electron chi connectivity index (χ0n) is 10.9. The van der Waals surface area contributed by atoms with Gasteiger partial charge in [0.15, 0.2) is 0 Å². The van der Waals surface area contributed by atoms with E-state index in [1.54, 1.807) is 0 Å². The molecule has 0 bridgehead atoms. The number of carbonyl (C=O) groups is 2. The van der Waals surface area contributed by atoms with Crippen LogP contribution in [0.3, 0.4) is 0 Å². The summed E-state index contributed by atoms with van der Waals surface area (Å²) >= 11 is 0. The number of hydrogen-bond acceptors (Lipinski definition) is 3. The number of methoxy groups -OCH3 is 1. The number of rotatable bonds is 8. The van der Waals surface area contributed by atoms with Gasteiger partial charge in [-0.2, -0.15) is 0 Å². The predicted molar refractivity (Wildman–Crippen MR) is 67.2 cm³/mol. The second-order valence-corrected chi connectivity index (χ2v) is 3.72. The van der Waals surface area contributed by atoms with Gasteiger partial charge in [0.25, 0.3) is 0 Å². The maximum absolute atomic E-state index is 12.1. The van der Waals surface area contributed by atoms with Crippen molar-refractivity contribution in [1.29, 1.82) is 0 Å². The molecule has 0 atom stereocenters. The monoisotopic (exact) mass is 256 g/mol. The molecule has 0 spiro atoms. The van der Waals surface area contributed by atoms with Gasteiger partial charge in [-0.3, -0.25) is 4.79 Å². The van der Waals surface area contributed by atoms with Crippen molar-refractivity contribution in [3.8, 4) is 12.3 Å². The number of amides is 2. The molecule has 0 fully saturated rings. The Morgan fingerprint density at radius 2 is 2.00 bits per heavy atom. The summed E-state index contributed by atoms with van der Waals surface area (Å²) in [7, 11) is 1.49. The summed E-state index contributed by atoms with van der Waals surface area (Å²) in [5.74, 6) is 1.34. The fourth-order valence-electron chi connectivity index (χ4n) is 1.43. The van der Waals surface area contributed by atoms with E-state index in [0.29, 0.717) is 6.54 Å². The molecule has 6 heteroatoms. The second-order valence-electron chi connectivity index (χ2n) is 3.72. The highest BCUT2D eigenvalue weighted by Crippen LogP contribution is 2.01. The van der Waals surface area contributed by atoms with E-state index in [1.807, 2.05) is 6.92 Å². The molecule has 0 aliphatic heterocycles. The number of urea groups is 1. The average Bonchev–Trinajstić information content (AvgIpc) is 2.33. The summed E-state index contributed by atoms with van der Waals surface area (Å²) in [5.41, 5.74) is 0. The molecule has 102 valence electrons. The van der Waals surface area contributed by atoms with Crippen LogP contribution < -0.4 is 0 Å². The van der Waals surface area contributed by atoms with Gasteiger partial charge in [0.2, 0.25) is 0 Å². The predicted octanol–water partition coefficient (Wildman–Crippen LogP) is 0.485. The minimum absolute atomic E-state index is 0.176. The molecule has 0 aromatic heterocycles. The molecule has 0 aromatic rings. The van der Waals surface area contributed by atoms with E-state index < -0.39 is 5.97 Å². The lowest BCUT2D eigenvalue weighted by molar-refractivity contribution is -0.137. The zero-order chi connectivity index (χ0) is 14.0. The topological polar surface area (TPSA) is 70.1 Å². The van der Waals surface area contributed by atoms with Crippen molar-refractivity contribution in [2.75, 3.05) is 39.9 Å². The van der Waals surface area contributed by atoms with Gasteiger partial charge < -0.3 is 19.6 Å². The Bertz CT molecular complexity index is 312. The smallest absolute Gasteiger partial charge is 0.323 e. The number of hydrogen-bond donors (Lipinski definition) is 1. The molecular formula is C12H20N2O4. The highest BCUT2D eigenvalue weighted by Gasteiger charge is 2.21. The largest absolute Gasteiger partial charge is 0.480 e. The Morgan fingerprint density at radius 3 is 2.44 bits per heavy atom. The summed E-state index contributed by atoms with van der Waals surface area (Å²) < 4.78 is 4.86. The highest BCUT2D eigenvalue weighted by molar-refractivity contribution is 5.80. The van der Waals surface area contributed by atoms with Crippen LogP contribution in [0, 0.1) is 12.3 Å². The molecule has 0 heterocycles. The Balaban J connectivity index is 4.66. The van der Waals surface area contributed by atoms with Gasteiger partial charge in [0, 0.05) is 20.2 Å². The molecule has 0 rings (SSSR count). The van der Waals surface area contributed by atoms with E-state index in [0.717, 1.165) is 6.42 Å². The second kappa shape index (κ2) is 9.31. The minimum atomic E-state index is -1.06. The van der Waals surface area contributed by atoms with Crippen molar-refractivity contribution in [3.05, 3.63) is 0 Å². The Hall–Kier alpha value is -1.74. The average molecular weight is 256 g/mol. The normalized spacial score (nSPS) is 9.61. The zero-order valence-corrected chi connectivity index (χ0v) is 10.9. The van der Waals surface area contributed by atoms with Crippen molar-refractivity contribution < 1.29 is 19.4 Å². The van der Waals surface area contributed by atoms with Crippen molar-refractivity contribution in [3.63, 3.8) is 0 Å². The molecule has 0 aromatic carbocycles. The van der Waals surface area contributed by atoms with E-state index in [1.165, 1.54) is 16.9 Å². The fraction of sp³-hybridized carbons (Fsp3) is 0.667.